The number of carbonyl (C=O) groups is 1. The number of halogens is 2. The van der Waals surface area contributed by atoms with Gasteiger partial charge in [-0.1, -0.05) is 41.4 Å². The molecule has 3 aromatic carbocycles. The molecule has 4 nitrogen and oxygen atoms in total. The van der Waals surface area contributed by atoms with Crippen molar-refractivity contribution in [3.05, 3.63) is 82.3 Å². The van der Waals surface area contributed by atoms with Gasteiger partial charge in [0.1, 0.15) is 5.82 Å². The zero-order valence-corrected chi connectivity index (χ0v) is 17.6. The van der Waals surface area contributed by atoms with Crippen LogP contribution in [0, 0.1) is 0 Å². The molecule has 29 heavy (non-hydrogen) atoms. The maximum absolute atomic E-state index is 12.2. The average molecular weight is 442 g/mol. The van der Waals surface area contributed by atoms with Gasteiger partial charge in [0, 0.05) is 27.0 Å². The number of fused-ring (bicyclic) bond motifs is 1. The van der Waals surface area contributed by atoms with Gasteiger partial charge in [-0.3, -0.25) is 4.79 Å². The Balaban J connectivity index is 1.32. The summed E-state index contributed by atoms with van der Waals surface area (Å²) in [5, 5.41) is 4.13. The van der Waals surface area contributed by atoms with Crippen LogP contribution in [0.5, 0.6) is 0 Å². The number of aromatic amines is 1. The molecule has 7 heteroatoms. The summed E-state index contributed by atoms with van der Waals surface area (Å²) >= 11 is 13.6. The Morgan fingerprint density at radius 1 is 1.03 bits per heavy atom. The van der Waals surface area contributed by atoms with Gasteiger partial charge in [0.15, 0.2) is 0 Å². The van der Waals surface area contributed by atoms with Crippen LogP contribution in [0.25, 0.3) is 22.4 Å². The number of hydrogen-bond donors (Lipinski definition) is 2. The molecule has 4 rings (SSSR count). The molecule has 0 aliphatic heterocycles. The number of anilines is 1. The number of carbonyl (C=O) groups excluding carboxylic acids is 1. The number of nitrogens with one attached hydrogen (secondary N) is 2. The number of H-pyrrole nitrogens is 1. The number of hydrogen-bond acceptors (Lipinski definition) is 3. The number of rotatable bonds is 6. The Hall–Kier alpha value is -2.47. The molecule has 0 atom stereocenters. The monoisotopic (exact) mass is 441 g/mol. The molecule has 0 spiro atoms. The van der Waals surface area contributed by atoms with Crippen LogP contribution in [0.2, 0.25) is 10.0 Å². The highest BCUT2D eigenvalue weighted by atomic mass is 35.5. The van der Waals surface area contributed by atoms with E-state index in [1.165, 1.54) is 11.8 Å². The van der Waals surface area contributed by atoms with Crippen LogP contribution in [0.15, 0.2) is 66.7 Å². The van der Waals surface area contributed by atoms with Crippen LogP contribution in [0.1, 0.15) is 5.56 Å². The normalized spacial score (nSPS) is 11.0. The molecule has 4 aromatic rings. The van der Waals surface area contributed by atoms with Crippen LogP contribution in [0.4, 0.5) is 5.69 Å². The van der Waals surface area contributed by atoms with E-state index in [0.29, 0.717) is 21.6 Å². The minimum Gasteiger partial charge on any atom is -0.338 e. The van der Waals surface area contributed by atoms with Crippen molar-refractivity contribution in [2.24, 2.45) is 0 Å². The summed E-state index contributed by atoms with van der Waals surface area (Å²) in [5.74, 6) is 1.73. The molecular formula is C22H17Cl2N3OS. The quantitative estimate of drug-likeness (QED) is 0.363. The van der Waals surface area contributed by atoms with E-state index in [1.54, 1.807) is 12.1 Å². The highest BCUT2D eigenvalue weighted by Gasteiger charge is 2.08. The number of nitrogens with zero attached hydrogens (tertiary/aromatic N) is 1. The second-order valence-electron chi connectivity index (χ2n) is 6.46. The van der Waals surface area contributed by atoms with Gasteiger partial charge in [-0.2, -0.15) is 0 Å². The largest absolute Gasteiger partial charge is 0.338 e. The lowest BCUT2D eigenvalue weighted by Gasteiger charge is -2.07. The van der Waals surface area contributed by atoms with Crippen molar-refractivity contribution < 1.29 is 4.79 Å². The maximum atomic E-state index is 12.2. The zero-order valence-electron chi connectivity index (χ0n) is 15.3. The van der Waals surface area contributed by atoms with Crippen molar-refractivity contribution in [1.82, 2.24) is 9.97 Å². The van der Waals surface area contributed by atoms with Gasteiger partial charge in [0.2, 0.25) is 5.91 Å². The number of aromatic nitrogens is 2. The topological polar surface area (TPSA) is 57.8 Å². The van der Waals surface area contributed by atoms with E-state index in [0.717, 1.165) is 33.7 Å². The van der Waals surface area contributed by atoms with E-state index >= 15 is 0 Å². The summed E-state index contributed by atoms with van der Waals surface area (Å²) in [7, 11) is 0. The molecule has 1 heterocycles. The van der Waals surface area contributed by atoms with Crippen molar-refractivity contribution in [2.75, 3.05) is 11.1 Å². The lowest BCUT2D eigenvalue weighted by molar-refractivity contribution is -0.113. The first-order valence-corrected chi connectivity index (χ1v) is 10.9. The minimum atomic E-state index is -0.0587. The molecule has 0 aliphatic rings. The summed E-state index contributed by atoms with van der Waals surface area (Å²) < 4.78 is 0. The molecular weight excluding hydrogens is 425 g/mol. The predicted octanol–water partition coefficient (Wildman–Crippen LogP) is 6.41. The second kappa shape index (κ2) is 8.91. The third kappa shape index (κ3) is 4.93. The summed E-state index contributed by atoms with van der Waals surface area (Å²) in [6, 6.07) is 20.9. The van der Waals surface area contributed by atoms with E-state index in [9.17, 15) is 4.79 Å². The third-order valence-corrected chi connectivity index (χ3v) is 5.91. The first-order chi connectivity index (χ1) is 14.1. The van der Waals surface area contributed by atoms with Gasteiger partial charge >= 0.3 is 0 Å². The number of para-hydroxylation sites is 2. The van der Waals surface area contributed by atoms with Crippen LogP contribution >= 0.6 is 35.0 Å². The smallest absolute Gasteiger partial charge is 0.234 e. The van der Waals surface area contributed by atoms with E-state index < -0.39 is 0 Å². The van der Waals surface area contributed by atoms with Crippen LogP contribution in [-0.2, 0) is 10.5 Å². The number of amides is 1. The molecule has 0 aliphatic carbocycles. The Labute approximate surface area is 182 Å². The van der Waals surface area contributed by atoms with Gasteiger partial charge in [0.25, 0.3) is 0 Å². The fraction of sp³-hybridized carbons (Fsp3) is 0.0909. The van der Waals surface area contributed by atoms with Gasteiger partial charge in [-0.15, -0.1) is 11.8 Å². The molecule has 0 fully saturated rings. The Bertz CT molecular complexity index is 1130. The SMILES string of the molecule is O=C(CSCc1ccc(Cl)cc1Cl)Nc1ccc(-c2nc3ccccc3[nH]2)cc1. The summed E-state index contributed by atoms with van der Waals surface area (Å²) in [6.07, 6.45) is 0. The highest BCUT2D eigenvalue weighted by Crippen LogP contribution is 2.25. The summed E-state index contributed by atoms with van der Waals surface area (Å²) in [6.45, 7) is 0. The van der Waals surface area contributed by atoms with Gasteiger partial charge in [0.05, 0.1) is 16.8 Å². The van der Waals surface area contributed by atoms with Crippen LogP contribution < -0.4 is 5.32 Å². The summed E-state index contributed by atoms with van der Waals surface area (Å²) in [5.41, 5.74) is 4.60. The van der Waals surface area contributed by atoms with Gasteiger partial charge < -0.3 is 10.3 Å². The molecule has 0 radical (unpaired) electrons. The first kappa shape index (κ1) is 19.8. The fourth-order valence-electron chi connectivity index (χ4n) is 2.89. The van der Waals surface area contributed by atoms with Gasteiger partial charge in [-0.05, 0) is 54.1 Å². The summed E-state index contributed by atoms with van der Waals surface area (Å²) in [4.78, 5) is 20.1. The molecule has 0 bridgehead atoms. The Morgan fingerprint density at radius 2 is 1.83 bits per heavy atom. The Kier molecular flexibility index (Phi) is 6.09. The van der Waals surface area contributed by atoms with Gasteiger partial charge in [-0.25, -0.2) is 4.98 Å². The van der Waals surface area contributed by atoms with E-state index in [4.69, 9.17) is 23.2 Å². The van der Waals surface area contributed by atoms with Crippen LogP contribution in [-0.4, -0.2) is 21.6 Å². The molecule has 146 valence electrons. The molecule has 1 amide bonds. The Morgan fingerprint density at radius 3 is 2.59 bits per heavy atom. The molecule has 0 saturated carbocycles. The number of thioether (sulfide) groups is 1. The van der Waals surface area contributed by atoms with Crippen molar-refractivity contribution in [1.29, 1.82) is 0 Å². The average Bonchev–Trinajstić information content (AvgIpc) is 3.14. The van der Waals surface area contributed by atoms with E-state index in [-0.39, 0.29) is 5.91 Å². The zero-order chi connectivity index (χ0) is 20.2. The molecule has 1 aromatic heterocycles. The molecule has 2 N–H and O–H groups in total. The highest BCUT2D eigenvalue weighted by molar-refractivity contribution is 7.99. The molecule has 0 unspecified atom stereocenters. The van der Waals surface area contributed by atoms with E-state index in [2.05, 4.69) is 15.3 Å². The third-order valence-electron chi connectivity index (χ3n) is 4.34. The van der Waals surface area contributed by atoms with Crippen molar-refractivity contribution in [3.8, 4) is 11.4 Å². The van der Waals surface area contributed by atoms with E-state index in [1.807, 2.05) is 54.6 Å². The number of benzene rings is 3. The predicted molar refractivity (Wildman–Crippen MR) is 123 cm³/mol. The second-order valence-corrected chi connectivity index (χ2v) is 8.29. The van der Waals surface area contributed by atoms with Crippen molar-refractivity contribution in [2.45, 2.75) is 5.75 Å². The van der Waals surface area contributed by atoms with Crippen molar-refractivity contribution in [3.63, 3.8) is 0 Å². The van der Waals surface area contributed by atoms with Crippen LogP contribution in [0.3, 0.4) is 0 Å². The fourth-order valence-corrected chi connectivity index (χ4v) is 4.28. The first-order valence-electron chi connectivity index (χ1n) is 8.95. The van der Waals surface area contributed by atoms with Crippen molar-refractivity contribution >= 4 is 57.6 Å². The lowest BCUT2D eigenvalue weighted by atomic mass is 10.2. The standard InChI is InChI=1S/C22H17Cl2N3OS/c23-16-8-5-15(18(24)11-16)12-29-13-21(28)25-17-9-6-14(7-10-17)22-26-19-3-1-2-4-20(19)27-22/h1-11H,12-13H2,(H,25,28)(H,26,27). The number of imidazole rings is 1. The maximum Gasteiger partial charge on any atom is 0.234 e. The lowest BCUT2D eigenvalue weighted by Crippen LogP contribution is -2.14. The minimum absolute atomic E-state index is 0.0587. The molecule has 0 saturated heterocycles.